The highest BCUT2D eigenvalue weighted by Crippen LogP contribution is 2.58. The van der Waals surface area contributed by atoms with Crippen molar-refractivity contribution >= 4 is 25.0 Å². The van der Waals surface area contributed by atoms with E-state index in [-0.39, 0.29) is 29.2 Å². The Morgan fingerprint density at radius 2 is 1.44 bits per heavy atom. The monoisotopic (exact) mass is 526 g/mol. The first kappa shape index (κ1) is 32.5. The average Bonchev–Trinajstić information content (AvgIpc) is 2.81. The highest BCUT2D eigenvalue weighted by molar-refractivity contribution is 7.53. The first-order valence-electron chi connectivity index (χ1n) is 13.5. The van der Waals surface area contributed by atoms with Crippen LogP contribution in [0.5, 0.6) is 0 Å². The Kier molecular flexibility index (Phi) is 14.7. The van der Waals surface area contributed by atoms with Crippen molar-refractivity contribution in [2.24, 2.45) is 5.73 Å². The maximum atomic E-state index is 12.8. The molecule has 0 aromatic heterocycles. The summed E-state index contributed by atoms with van der Waals surface area (Å²) in [6.07, 6.45) is 12.3. The number of aliphatic hydroxyl groups is 1. The Morgan fingerprint density at radius 3 is 1.92 bits per heavy atom. The van der Waals surface area contributed by atoms with Crippen LogP contribution in [-0.2, 0) is 14.5 Å². The van der Waals surface area contributed by atoms with Gasteiger partial charge < -0.3 is 25.9 Å². The lowest BCUT2D eigenvalue weighted by Crippen LogP contribution is -2.43. The van der Waals surface area contributed by atoms with Gasteiger partial charge in [-0.1, -0.05) is 84.1 Å². The summed E-state index contributed by atoms with van der Waals surface area (Å²) in [7, 11) is -4.94. The van der Waals surface area contributed by atoms with Gasteiger partial charge in [0.05, 0.1) is 0 Å². The molecule has 2 atom stereocenters. The third-order valence-corrected chi connectivity index (χ3v) is 8.53. The summed E-state index contributed by atoms with van der Waals surface area (Å²) in [6, 6.07) is 4.25. The summed E-state index contributed by atoms with van der Waals surface area (Å²) in [5.41, 5.74) is 5.94. The summed E-state index contributed by atoms with van der Waals surface area (Å²) >= 11 is 0. The lowest BCUT2D eigenvalue weighted by molar-refractivity contribution is -0.116. The third kappa shape index (κ3) is 10.1. The van der Waals surface area contributed by atoms with Gasteiger partial charge >= 0.3 is 7.60 Å². The Labute approximate surface area is 216 Å². The van der Waals surface area contributed by atoms with E-state index in [1.54, 1.807) is 0 Å². The number of ketones is 1. The number of amides is 1. The average molecular weight is 527 g/mol. The van der Waals surface area contributed by atoms with Crippen LogP contribution in [0, 0.1) is 0 Å². The maximum Gasteiger partial charge on any atom is 0.339 e. The van der Waals surface area contributed by atoms with E-state index in [2.05, 4.69) is 12.2 Å². The quantitative estimate of drug-likeness (QED) is 0.0644. The van der Waals surface area contributed by atoms with Gasteiger partial charge in [-0.3, -0.25) is 14.2 Å². The molecule has 2 unspecified atom stereocenters. The summed E-state index contributed by atoms with van der Waals surface area (Å²) in [4.78, 5) is 45.1. The fourth-order valence-electron chi connectivity index (χ4n) is 4.32. The van der Waals surface area contributed by atoms with Crippen molar-refractivity contribution in [2.75, 3.05) is 5.32 Å². The molecule has 1 aromatic rings. The van der Waals surface area contributed by atoms with E-state index in [0.29, 0.717) is 18.5 Å². The van der Waals surface area contributed by atoms with Gasteiger partial charge in [0.1, 0.15) is 11.4 Å². The van der Waals surface area contributed by atoms with Crippen LogP contribution in [0.15, 0.2) is 18.2 Å². The number of aliphatic hydroxyl groups excluding tert-OH is 1. The standard InChI is InChI=1S/C27H47N2O6P/c1-4-6-7-8-9-10-11-12-13-14-15-17-25(31)29-21-18-19-23(22(20-21)24(30)16-5-2)27(3,26(28)32)36(33,34)35/h18-20,26,32H,4-17,28H2,1-3H3,(H,29,31)(H2,33,34,35). The fourth-order valence-corrected chi connectivity index (χ4v) is 5.17. The summed E-state index contributed by atoms with van der Waals surface area (Å²) in [5.74, 6) is -0.515. The Balaban J connectivity index is 2.70. The molecule has 1 rings (SSSR count). The fraction of sp³-hybridized carbons (Fsp3) is 0.704. The van der Waals surface area contributed by atoms with Crippen molar-refractivity contribution < 1.29 is 29.0 Å². The first-order chi connectivity index (χ1) is 17.0. The van der Waals surface area contributed by atoms with Gasteiger partial charge in [-0.15, -0.1) is 0 Å². The SMILES string of the molecule is CCCCCCCCCCCCCC(=O)Nc1ccc(C(C)(C(N)O)P(=O)(O)O)c(C(=O)CCC)c1. The molecule has 206 valence electrons. The Hall–Kier alpha value is -1.57. The number of hydrogen-bond acceptors (Lipinski definition) is 5. The molecule has 0 radical (unpaired) electrons. The summed E-state index contributed by atoms with van der Waals surface area (Å²) < 4.78 is 12.2. The number of benzene rings is 1. The number of carbonyl (C=O) groups excluding carboxylic acids is 2. The van der Waals surface area contributed by atoms with Gasteiger partial charge in [-0.2, -0.15) is 0 Å². The molecular weight excluding hydrogens is 479 g/mol. The number of carbonyl (C=O) groups is 2. The second-order valence-corrected chi connectivity index (χ2v) is 11.9. The van der Waals surface area contributed by atoms with Gasteiger partial charge in [0, 0.05) is 24.1 Å². The van der Waals surface area contributed by atoms with Gasteiger partial charge in [0.15, 0.2) is 5.78 Å². The maximum absolute atomic E-state index is 12.8. The number of unbranched alkanes of at least 4 members (excludes halogenated alkanes) is 10. The van der Waals surface area contributed by atoms with Crippen LogP contribution in [0.25, 0.3) is 0 Å². The predicted octanol–water partition coefficient (Wildman–Crippen LogP) is 5.98. The summed E-state index contributed by atoms with van der Waals surface area (Å²) in [6.45, 7) is 5.18. The van der Waals surface area contributed by atoms with Crippen LogP contribution in [0.3, 0.4) is 0 Å². The van der Waals surface area contributed by atoms with Crippen molar-refractivity contribution in [1.29, 1.82) is 0 Å². The molecule has 0 saturated heterocycles. The number of nitrogens with one attached hydrogen (secondary N) is 1. The second-order valence-electron chi connectivity index (χ2n) is 9.90. The zero-order valence-electron chi connectivity index (χ0n) is 22.3. The van der Waals surface area contributed by atoms with Crippen molar-refractivity contribution in [1.82, 2.24) is 0 Å². The van der Waals surface area contributed by atoms with Crippen molar-refractivity contribution in [3.8, 4) is 0 Å². The molecular formula is C27H47N2O6P. The molecule has 0 aliphatic carbocycles. The Bertz CT molecular complexity index is 870. The summed E-state index contributed by atoms with van der Waals surface area (Å²) in [5, 5.41) is 10.7. The van der Waals surface area contributed by atoms with Crippen LogP contribution in [0.1, 0.15) is 127 Å². The van der Waals surface area contributed by atoms with Crippen LogP contribution < -0.4 is 11.1 Å². The van der Waals surface area contributed by atoms with Crippen LogP contribution >= 0.6 is 7.60 Å². The van der Waals surface area contributed by atoms with Crippen molar-refractivity contribution in [3.63, 3.8) is 0 Å². The van der Waals surface area contributed by atoms with Crippen molar-refractivity contribution in [2.45, 2.75) is 122 Å². The van der Waals surface area contributed by atoms with Gasteiger partial charge in [-0.05, 0) is 37.5 Å². The van der Waals surface area contributed by atoms with E-state index in [0.717, 1.165) is 26.2 Å². The lowest BCUT2D eigenvalue weighted by Gasteiger charge is -2.34. The van der Waals surface area contributed by atoms with Crippen LogP contribution in [0.4, 0.5) is 5.69 Å². The lowest BCUT2D eigenvalue weighted by atomic mass is 9.89. The number of anilines is 1. The molecule has 0 heterocycles. The van der Waals surface area contributed by atoms with E-state index in [4.69, 9.17) is 5.73 Å². The van der Waals surface area contributed by atoms with E-state index >= 15 is 0 Å². The number of rotatable bonds is 19. The van der Waals surface area contributed by atoms with E-state index in [1.807, 2.05) is 6.92 Å². The van der Waals surface area contributed by atoms with E-state index in [1.165, 1.54) is 69.6 Å². The minimum Gasteiger partial charge on any atom is -0.377 e. The zero-order chi connectivity index (χ0) is 27.2. The minimum absolute atomic E-state index is 0.0346. The highest BCUT2D eigenvalue weighted by atomic mass is 31.2. The topological polar surface area (TPSA) is 150 Å². The smallest absolute Gasteiger partial charge is 0.339 e. The molecule has 36 heavy (non-hydrogen) atoms. The minimum atomic E-state index is -4.94. The first-order valence-corrected chi connectivity index (χ1v) is 15.1. The molecule has 0 fully saturated rings. The largest absolute Gasteiger partial charge is 0.377 e. The van der Waals surface area contributed by atoms with Gasteiger partial charge in [-0.25, -0.2) is 0 Å². The zero-order valence-corrected chi connectivity index (χ0v) is 23.2. The normalized spacial score (nSPS) is 14.3. The molecule has 0 bridgehead atoms. The molecule has 1 amide bonds. The van der Waals surface area contributed by atoms with E-state index < -0.39 is 19.0 Å². The van der Waals surface area contributed by atoms with Gasteiger partial charge in [0.2, 0.25) is 5.91 Å². The number of nitrogens with two attached hydrogens (primary N) is 1. The highest BCUT2D eigenvalue weighted by Gasteiger charge is 2.50. The molecule has 0 spiro atoms. The van der Waals surface area contributed by atoms with Crippen LogP contribution in [0.2, 0.25) is 0 Å². The molecule has 0 aliphatic rings. The van der Waals surface area contributed by atoms with E-state index in [9.17, 15) is 29.0 Å². The molecule has 0 aliphatic heterocycles. The Morgan fingerprint density at radius 1 is 0.917 bits per heavy atom. The number of Topliss-reactive ketones (excluding diaryl/α,β-unsaturated/α-hetero) is 1. The molecule has 8 nitrogen and oxygen atoms in total. The molecule has 1 aromatic carbocycles. The molecule has 0 saturated carbocycles. The second kappa shape index (κ2) is 16.3. The van der Waals surface area contributed by atoms with Gasteiger partial charge in [0.25, 0.3) is 0 Å². The number of hydrogen-bond donors (Lipinski definition) is 5. The third-order valence-electron chi connectivity index (χ3n) is 6.81. The van der Waals surface area contributed by atoms with Crippen molar-refractivity contribution in [3.05, 3.63) is 29.3 Å². The molecule has 6 N–H and O–H groups in total. The predicted molar refractivity (Wildman–Crippen MR) is 145 cm³/mol. The van der Waals surface area contributed by atoms with Crippen LogP contribution in [-0.4, -0.2) is 32.8 Å². The molecule has 9 heteroatoms.